The average molecular weight is 455 g/mol. The third kappa shape index (κ3) is 5.17. The van der Waals surface area contributed by atoms with Crippen molar-refractivity contribution < 1.29 is 29.3 Å². The molecule has 2 aromatic carbocycles. The molecule has 1 saturated heterocycles. The number of benzene rings is 2. The number of carboxylic acids is 2. The summed E-state index contributed by atoms with van der Waals surface area (Å²) in [7, 11) is 0. The second-order valence-corrected chi connectivity index (χ2v) is 7.81. The maximum atomic E-state index is 12.9. The average Bonchev–Trinajstić information content (AvgIpc) is 3.06. The minimum absolute atomic E-state index is 0.0512. The number of hydrogen-bond acceptors (Lipinski definition) is 6. The molecule has 2 aromatic rings. The number of carbonyl (C=O) groups is 3. The molecule has 0 spiro atoms. The van der Waals surface area contributed by atoms with E-state index in [1.54, 1.807) is 55.5 Å². The van der Waals surface area contributed by atoms with Gasteiger partial charge in [0.15, 0.2) is 11.3 Å². The Bertz CT molecular complexity index is 1110. The molecule has 1 heterocycles. The minimum atomic E-state index is -1.10. The normalized spacial score (nSPS) is 17.1. The number of amides is 1. The second-order valence-electron chi connectivity index (χ2n) is 6.80. The van der Waals surface area contributed by atoms with Crippen LogP contribution in [0.25, 0.3) is 6.08 Å². The van der Waals surface area contributed by atoms with Crippen LogP contribution in [0, 0.1) is 0 Å². The highest BCUT2D eigenvalue weighted by atomic mass is 32.2. The molecule has 1 fully saturated rings. The van der Waals surface area contributed by atoms with E-state index >= 15 is 0 Å². The molecular weight excluding hydrogens is 432 g/mol. The number of aliphatic carboxylic acids is 1. The summed E-state index contributed by atoms with van der Waals surface area (Å²) in [4.78, 5) is 41.9. The molecule has 1 aliphatic heterocycles. The number of nitrogens with zero attached hydrogens (tertiary/aromatic N) is 2. The van der Waals surface area contributed by atoms with E-state index < -0.39 is 18.0 Å². The number of hydrogen-bond donors (Lipinski definition) is 2. The van der Waals surface area contributed by atoms with Gasteiger partial charge in [0, 0.05) is 6.54 Å². The van der Waals surface area contributed by atoms with Crippen molar-refractivity contribution in [2.24, 2.45) is 4.99 Å². The van der Waals surface area contributed by atoms with Gasteiger partial charge in [0.25, 0.3) is 5.91 Å². The van der Waals surface area contributed by atoms with Gasteiger partial charge in [-0.25, -0.2) is 14.6 Å². The summed E-state index contributed by atoms with van der Waals surface area (Å²) in [6.07, 6.45) is 1.04. The van der Waals surface area contributed by atoms with Crippen LogP contribution in [-0.2, 0) is 9.59 Å². The molecule has 8 nitrogen and oxygen atoms in total. The van der Waals surface area contributed by atoms with Crippen LogP contribution in [0.4, 0.5) is 5.69 Å². The summed E-state index contributed by atoms with van der Waals surface area (Å²) in [6.45, 7) is 3.91. The van der Waals surface area contributed by atoms with Crippen LogP contribution in [0.5, 0.6) is 5.75 Å². The van der Waals surface area contributed by atoms with Crippen molar-refractivity contribution in [3.8, 4) is 5.75 Å². The van der Waals surface area contributed by atoms with Gasteiger partial charge < -0.3 is 14.9 Å². The van der Waals surface area contributed by atoms with Crippen LogP contribution in [0.15, 0.2) is 58.4 Å². The smallest absolute Gasteiger partial charge is 0.344 e. The van der Waals surface area contributed by atoms with Gasteiger partial charge in [-0.15, -0.1) is 0 Å². The number of carboxylic acid groups (broad SMARTS) is 2. The molecule has 0 aromatic heterocycles. The molecule has 2 N–H and O–H groups in total. The van der Waals surface area contributed by atoms with Crippen LogP contribution in [-0.4, -0.2) is 50.8 Å². The predicted molar refractivity (Wildman–Crippen MR) is 122 cm³/mol. The zero-order valence-electron chi connectivity index (χ0n) is 17.5. The van der Waals surface area contributed by atoms with Gasteiger partial charge in [0.1, 0.15) is 5.75 Å². The van der Waals surface area contributed by atoms with Crippen molar-refractivity contribution >= 4 is 46.5 Å². The maximum Gasteiger partial charge on any atom is 0.344 e. The van der Waals surface area contributed by atoms with Gasteiger partial charge in [-0.2, -0.15) is 0 Å². The van der Waals surface area contributed by atoms with Crippen molar-refractivity contribution in [1.29, 1.82) is 0 Å². The number of carbonyl (C=O) groups excluding carboxylic acids is 1. The van der Waals surface area contributed by atoms with Crippen LogP contribution < -0.4 is 4.74 Å². The Balaban J connectivity index is 1.90. The lowest BCUT2D eigenvalue weighted by Crippen LogP contribution is -2.28. The topological polar surface area (TPSA) is 117 Å². The summed E-state index contributed by atoms with van der Waals surface area (Å²) in [5, 5.41) is 19.0. The first kappa shape index (κ1) is 23.1. The van der Waals surface area contributed by atoms with Crippen molar-refractivity contribution in [3.63, 3.8) is 0 Å². The summed E-state index contributed by atoms with van der Waals surface area (Å²) in [5.74, 6) is -1.99. The number of aromatic carboxylic acids is 1. The number of para-hydroxylation sites is 1. The highest BCUT2D eigenvalue weighted by Gasteiger charge is 2.32. The number of thioether (sulfide) groups is 1. The number of amidine groups is 1. The second kappa shape index (κ2) is 10.1. The standard InChI is InChI=1S/C23H22N2O6S/c1-3-18(22(29)30)31-15-9-7-8-14(12-15)13-19-20(26)25(4-2)23(32-19)24-17-11-6-5-10-16(17)21(27)28/h5-13,18H,3-4H2,1-2H3,(H,27,28)(H,29,30)/b19-13-,24-23?. The van der Waals surface area contributed by atoms with Crippen LogP contribution >= 0.6 is 11.8 Å². The third-order valence-corrected chi connectivity index (χ3v) is 5.64. The zero-order valence-corrected chi connectivity index (χ0v) is 18.3. The first-order valence-corrected chi connectivity index (χ1v) is 10.8. The largest absolute Gasteiger partial charge is 0.479 e. The quantitative estimate of drug-likeness (QED) is 0.573. The fourth-order valence-electron chi connectivity index (χ4n) is 3.03. The van der Waals surface area contributed by atoms with E-state index in [-0.39, 0.29) is 17.2 Å². The van der Waals surface area contributed by atoms with E-state index in [2.05, 4.69) is 4.99 Å². The third-order valence-electron chi connectivity index (χ3n) is 4.64. The van der Waals surface area contributed by atoms with E-state index in [0.29, 0.717) is 34.4 Å². The molecule has 0 aliphatic carbocycles. The lowest BCUT2D eigenvalue weighted by Gasteiger charge is -2.13. The van der Waals surface area contributed by atoms with Gasteiger partial charge >= 0.3 is 11.9 Å². The fraction of sp³-hybridized carbons (Fsp3) is 0.217. The van der Waals surface area contributed by atoms with E-state index in [0.717, 1.165) is 11.8 Å². The van der Waals surface area contributed by atoms with Crippen LogP contribution in [0.3, 0.4) is 0 Å². The number of likely N-dealkylation sites (N-methyl/N-ethyl adjacent to an activating group) is 1. The Morgan fingerprint density at radius 1 is 1.16 bits per heavy atom. The van der Waals surface area contributed by atoms with Crippen molar-refractivity contribution in [2.75, 3.05) is 6.54 Å². The molecule has 1 atom stereocenters. The number of rotatable bonds is 8. The highest BCUT2D eigenvalue weighted by molar-refractivity contribution is 8.18. The molecule has 1 aliphatic rings. The molecule has 9 heteroatoms. The Labute approximate surface area is 189 Å². The summed E-state index contributed by atoms with van der Waals surface area (Å²) < 4.78 is 5.52. The fourth-order valence-corrected chi connectivity index (χ4v) is 4.08. The summed E-state index contributed by atoms with van der Waals surface area (Å²) in [5.41, 5.74) is 0.988. The molecular formula is C23H22N2O6S. The van der Waals surface area contributed by atoms with Crippen LogP contribution in [0.2, 0.25) is 0 Å². The van der Waals surface area contributed by atoms with Crippen molar-refractivity contribution in [1.82, 2.24) is 4.90 Å². The lowest BCUT2D eigenvalue weighted by molar-refractivity contribution is -0.145. The molecule has 0 saturated carbocycles. The SMILES string of the molecule is CCC(Oc1cccc(/C=C2\SC(=Nc3ccccc3C(=O)O)N(CC)C2=O)c1)C(=O)O. The van der Waals surface area contributed by atoms with Crippen molar-refractivity contribution in [2.45, 2.75) is 26.4 Å². The highest BCUT2D eigenvalue weighted by Crippen LogP contribution is 2.35. The Hall–Kier alpha value is -3.59. The Kier molecular flexibility index (Phi) is 7.32. The van der Waals surface area contributed by atoms with Gasteiger partial charge in [-0.05, 0) is 61.0 Å². The molecule has 32 heavy (non-hydrogen) atoms. The van der Waals surface area contributed by atoms with Gasteiger partial charge in [0.2, 0.25) is 0 Å². The first-order valence-electron chi connectivity index (χ1n) is 9.96. The molecule has 166 valence electrons. The Morgan fingerprint density at radius 2 is 1.91 bits per heavy atom. The van der Waals surface area contributed by atoms with Gasteiger partial charge in [-0.1, -0.05) is 31.2 Å². The number of aliphatic imine (C=N–C) groups is 1. The minimum Gasteiger partial charge on any atom is -0.479 e. The van der Waals surface area contributed by atoms with Crippen LogP contribution in [0.1, 0.15) is 36.2 Å². The summed E-state index contributed by atoms with van der Waals surface area (Å²) >= 11 is 1.15. The van der Waals surface area contributed by atoms with Gasteiger partial charge in [0.05, 0.1) is 16.2 Å². The van der Waals surface area contributed by atoms with Crippen molar-refractivity contribution in [3.05, 3.63) is 64.6 Å². The molecule has 1 unspecified atom stereocenters. The Morgan fingerprint density at radius 3 is 2.56 bits per heavy atom. The zero-order chi connectivity index (χ0) is 23.3. The monoisotopic (exact) mass is 454 g/mol. The van der Waals surface area contributed by atoms with E-state index in [9.17, 15) is 24.6 Å². The molecule has 0 bridgehead atoms. The molecule has 0 radical (unpaired) electrons. The van der Waals surface area contributed by atoms with E-state index in [4.69, 9.17) is 4.74 Å². The lowest BCUT2D eigenvalue weighted by atomic mass is 10.2. The summed E-state index contributed by atoms with van der Waals surface area (Å²) in [6, 6.07) is 13.2. The van der Waals surface area contributed by atoms with E-state index in [1.165, 1.54) is 11.0 Å². The first-order chi connectivity index (χ1) is 15.3. The predicted octanol–water partition coefficient (Wildman–Crippen LogP) is 4.25. The van der Waals surface area contributed by atoms with Gasteiger partial charge in [-0.3, -0.25) is 9.69 Å². The number of ether oxygens (including phenoxy) is 1. The van der Waals surface area contributed by atoms with E-state index in [1.807, 2.05) is 6.92 Å². The maximum absolute atomic E-state index is 12.9. The molecule has 3 rings (SSSR count). The molecule has 1 amide bonds.